The molecule has 0 aliphatic carbocycles. The molecule has 0 unspecified atom stereocenters. The second-order valence-corrected chi connectivity index (χ2v) is 15.2. The average molecular weight is 583 g/mol. The highest BCUT2D eigenvalue weighted by atomic mass is 15.0. The minimum absolute atomic E-state index is 0.0271. The van der Waals surface area contributed by atoms with Gasteiger partial charge in [0.05, 0.1) is 23.6 Å². The van der Waals surface area contributed by atoms with Crippen molar-refractivity contribution in [1.82, 2.24) is 4.57 Å². The second kappa shape index (κ2) is 10.8. The van der Waals surface area contributed by atoms with E-state index in [1.54, 1.807) is 0 Å². The van der Waals surface area contributed by atoms with E-state index in [0.29, 0.717) is 5.56 Å². The summed E-state index contributed by atoms with van der Waals surface area (Å²) in [7, 11) is 0. The van der Waals surface area contributed by atoms with Gasteiger partial charge in [-0.3, -0.25) is 0 Å². The smallest absolute Gasteiger partial charge is 0.0626 e. The Labute approximate surface area is 271 Å². The van der Waals surface area contributed by atoms with E-state index in [1.807, 2.05) is 12.1 Å². The lowest BCUT2D eigenvalue weighted by Gasteiger charge is -2.30. The Kier molecular flexibility index (Phi) is 5.96. The van der Waals surface area contributed by atoms with Gasteiger partial charge in [0, 0.05) is 10.8 Å². The molecule has 6 rings (SSSR count). The standard InChI is InChI=1S/C43H47N/c1-41(2,3)32-26-31(27-33(28-32)42(4,5)6)34-21-16-24-38(39(34)43(7,8)9)44-37-23-14-13-20-35(37)36-22-15-19-30(40(36)44)25-29-17-11-10-12-18-29/h10-24,26-28H,25H2,1-9H3/i10D,11D,12D,17D,18D. The van der Waals surface area contributed by atoms with Gasteiger partial charge in [-0.05, 0) is 73.7 Å². The molecular formula is C43H47N. The van der Waals surface area contributed by atoms with Crippen molar-refractivity contribution < 1.29 is 6.85 Å². The molecule has 1 nitrogen and oxygen atoms in total. The molecule has 0 spiro atoms. The topological polar surface area (TPSA) is 4.93 Å². The van der Waals surface area contributed by atoms with Gasteiger partial charge in [0.1, 0.15) is 0 Å². The first-order chi connectivity index (χ1) is 22.8. The highest BCUT2D eigenvalue weighted by Gasteiger charge is 2.28. The van der Waals surface area contributed by atoms with Crippen LogP contribution in [0.4, 0.5) is 0 Å². The van der Waals surface area contributed by atoms with Crippen LogP contribution in [0.15, 0.2) is 109 Å². The predicted molar refractivity (Wildman–Crippen MR) is 192 cm³/mol. The van der Waals surface area contributed by atoms with Crippen LogP contribution in [0.1, 0.15) is 97.0 Å². The number of aromatic nitrogens is 1. The molecule has 1 heteroatoms. The van der Waals surface area contributed by atoms with Gasteiger partial charge in [-0.1, -0.05) is 159 Å². The molecule has 224 valence electrons. The summed E-state index contributed by atoms with van der Waals surface area (Å²) in [6.45, 7) is 20.5. The van der Waals surface area contributed by atoms with Crippen LogP contribution in [0, 0.1) is 0 Å². The predicted octanol–water partition coefficient (Wildman–Crippen LogP) is 11.9. The lowest BCUT2D eigenvalue weighted by molar-refractivity contribution is 0.568. The summed E-state index contributed by atoms with van der Waals surface area (Å²) in [5, 5.41) is 2.17. The Morgan fingerprint density at radius 2 is 1.23 bits per heavy atom. The van der Waals surface area contributed by atoms with Crippen molar-refractivity contribution >= 4 is 21.8 Å². The minimum atomic E-state index is -0.372. The summed E-state index contributed by atoms with van der Waals surface area (Å²) in [4.78, 5) is 0. The first kappa shape index (κ1) is 24.2. The summed E-state index contributed by atoms with van der Waals surface area (Å²) in [5.41, 5.74) is 10.2. The molecule has 0 aliphatic heterocycles. The fourth-order valence-electron chi connectivity index (χ4n) is 6.44. The van der Waals surface area contributed by atoms with Crippen molar-refractivity contribution in [2.75, 3.05) is 0 Å². The highest BCUT2D eigenvalue weighted by molar-refractivity contribution is 6.10. The van der Waals surface area contributed by atoms with Gasteiger partial charge in [0.15, 0.2) is 0 Å². The molecule has 0 atom stereocenters. The number of para-hydroxylation sites is 2. The monoisotopic (exact) mass is 582 g/mol. The summed E-state index contributed by atoms with van der Waals surface area (Å²) >= 11 is 0. The highest BCUT2D eigenvalue weighted by Crippen LogP contribution is 2.43. The van der Waals surface area contributed by atoms with Crippen molar-refractivity contribution in [3.63, 3.8) is 0 Å². The zero-order valence-electron chi connectivity index (χ0n) is 32.7. The third-order valence-electron chi connectivity index (χ3n) is 8.71. The number of rotatable bonds is 4. The van der Waals surface area contributed by atoms with E-state index in [-0.39, 0.29) is 52.9 Å². The van der Waals surface area contributed by atoms with E-state index in [0.717, 1.165) is 33.1 Å². The molecular weight excluding hydrogens is 530 g/mol. The number of hydrogen-bond acceptors (Lipinski definition) is 0. The Morgan fingerprint density at radius 1 is 0.614 bits per heavy atom. The molecule has 0 amide bonds. The maximum atomic E-state index is 8.70. The Hall–Kier alpha value is -4.10. The largest absolute Gasteiger partial charge is 0.309 e. The maximum Gasteiger partial charge on any atom is 0.0626 e. The van der Waals surface area contributed by atoms with Crippen LogP contribution >= 0.6 is 0 Å². The van der Waals surface area contributed by atoms with E-state index in [9.17, 15) is 0 Å². The first-order valence-corrected chi connectivity index (χ1v) is 15.7. The molecule has 0 fully saturated rings. The van der Waals surface area contributed by atoms with Crippen LogP contribution in [0.2, 0.25) is 0 Å². The van der Waals surface area contributed by atoms with Crippen LogP contribution in [0.3, 0.4) is 0 Å². The van der Waals surface area contributed by atoms with Crippen molar-refractivity contribution in [3.8, 4) is 16.8 Å². The number of fused-ring (bicyclic) bond motifs is 3. The molecule has 44 heavy (non-hydrogen) atoms. The Balaban J connectivity index is 1.71. The van der Waals surface area contributed by atoms with Gasteiger partial charge < -0.3 is 4.57 Å². The van der Waals surface area contributed by atoms with E-state index < -0.39 is 0 Å². The van der Waals surface area contributed by atoms with Gasteiger partial charge in [-0.2, -0.15) is 0 Å². The molecule has 0 radical (unpaired) electrons. The van der Waals surface area contributed by atoms with E-state index in [1.165, 1.54) is 27.8 Å². The van der Waals surface area contributed by atoms with Crippen LogP contribution in [-0.2, 0) is 22.7 Å². The number of hydrogen-bond donors (Lipinski definition) is 0. The van der Waals surface area contributed by atoms with Gasteiger partial charge in [0.2, 0.25) is 0 Å². The second-order valence-electron chi connectivity index (χ2n) is 15.2. The summed E-state index contributed by atoms with van der Waals surface area (Å²) in [5.74, 6) is 0. The molecule has 0 saturated heterocycles. The molecule has 1 aromatic heterocycles. The lowest BCUT2D eigenvalue weighted by Crippen LogP contribution is -2.19. The van der Waals surface area contributed by atoms with Crippen LogP contribution in [0.5, 0.6) is 0 Å². The van der Waals surface area contributed by atoms with Gasteiger partial charge >= 0.3 is 0 Å². The normalized spacial score (nSPS) is 14.3. The average Bonchev–Trinajstić information content (AvgIpc) is 3.38. The third-order valence-corrected chi connectivity index (χ3v) is 8.71. The fourth-order valence-corrected chi connectivity index (χ4v) is 6.44. The maximum absolute atomic E-state index is 8.70. The minimum Gasteiger partial charge on any atom is -0.309 e. The lowest BCUT2D eigenvalue weighted by atomic mass is 9.76. The molecule has 0 N–H and O–H groups in total. The number of benzene rings is 5. The van der Waals surface area contributed by atoms with Crippen LogP contribution in [0.25, 0.3) is 38.6 Å². The van der Waals surface area contributed by atoms with E-state index in [2.05, 4.69) is 134 Å². The first-order valence-electron chi connectivity index (χ1n) is 18.2. The van der Waals surface area contributed by atoms with Crippen molar-refractivity contribution in [2.45, 2.75) is 85.0 Å². The van der Waals surface area contributed by atoms with E-state index >= 15 is 0 Å². The van der Waals surface area contributed by atoms with Crippen molar-refractivity contribution in [3.05, 3.63) is 137 Å². The number of nitrogens with zero attached hydrogens (tertiary/aromatic N) is 1. The quantitative estimate of drug-likeness (QED) is 0.195. The van der Waals surface area contributed by atoms with Crippen LogP contribution < -0.4 is 0 Å². The molecule has 5 aromatic carbocycles. The molecule has 0 bridgehead atoms. The summed E-state index contributed by atoms with van der Waals surface area (Å²) in [6, 6.07) is 27.0. The molecule has 1 heterocycles. The van der Waals surface area contributed by atoms with Crippen LogP contribution in [-0.4, -0.2) is 4.57 Å². The van der Waals surface area contributed by atoms with Gasteiger partial charge in [-0.15, -0.1) is 0 Å². The molecule has 0 aliphatic rings. The van der Waals surface area contributed by atoms with Gasteiger partial charge in [-0.25, -0.2) is 0 Å². The Morgan fingerprint density at radius 3 is 1.86 bits per heavy atom. The fraction of sp³-hybridized carbons (Fsp3) is 0.302. The Bertz CT molecular complexity index is 2190. The molecule has 0 saturated carbocycles. The SMILES string of the molecule is [2H]c1c([2H])c([2H])c(Cc2cccc3c4ccccc4n(-c4cccc(-c5cc(C(C)(C)C)cc(C(C)(C)C)c5)c4C(C)(C)C)c23)c([2H])c1[2H]. The van der Waals surface area contributed by atoms with Crippen molar-refractivity contribution in [2.24, 2.45) is 0 Å². The zero-order chi connectivity index (χ0) is 35.8. The van der Waals surface area contributed by atoms with Gasteiger partial charge in [0.25, 0.3) is 0 Å². The van der Waals surface area contributed by atoms with Crippen molar-refractivity contribution in [1.29, 1.82) is 0 Å². The summed E-state index contributed by atoms with van der Waals surface area (Å²) < 4.78 is 44.5. The third kappa shape index (κ3) is 5.50. The zero-order valence-corrected chi connectivity index (χ0v) is 27.7. The molecule has 6 aromatic rings. The summed E-state index contributed by atoms with van der Waals surface area (Å²) in [6.07, 6.45) is 0.205. The van der Waals surface area contributed by atoms with E-state index in [4.69, 9.17) is 6.85 Å².